The third-order valence-corrected chi connectivity index (χ3v) is 3.42. The second kappa shape index (κ2) is 4.95. The molecule has 0 saturated heterocycles. The Balaban J connectivity index is 2.95. The molecule has 0 spiro atoms. The summed E-state index contributed by atoms with van der Waals surface area (Å²) < 4.78 is 0.877. The molecule has 3 nitrogen and oxygen atoms in total. The highest BCUT2D eigenvalue weighted by Crippen LogP contribution is 2.27. The fraction of sp³-hybridized carbons (Fsp3) is 0.222. The SMILES string of the molecule is N[C@H](CC(=O)O)c1cccc(I)c1Cl. The minimum Gasteiger partial charge on any atom is -0.481 e. The van der Waals surface area contributed by atoms with Gasteiger partial charge in [0, 0.05) is 9.61 Å². The van der Waals surface area contributed by atoms with Crippen molar-refractivity contribution >= 4 is 40.2 Å². The largest absolute Gasteiger partial charge is 0.481 e. The molecular weight excluding hydrogens is 316 g/mol. The molecule has 0 radical (unpaired) electrons. The van der Waals surface area contributed by atoms with Crippen LogP contribution >= 0.6 is 34.2 Å². The number of hydrogen-bond donors (Lipinski definition) is 2. The third kappa shape index (κ3) is 2.83. The second-order valence-electron chi connectivity index (χ2n) is 2.85. The number of carboxylic acid groups (broad SMARTS) is 1. The molecule has 1 aromatic rings. The maximum atomic E-state index is 10.5. The molecule has 0 saturated carbocycles. The highest BCUT2D eigenvalue weighted by atomic mass is 127. The number of aliphatic carboxylic acids is 1. The van der Waals surface area contributed by atoms with Crippen molar-refractivity contribution in [1.29, 1.82) is 0 Å². The van der Waals surface area contributed by atoms with Gasteiger partial charge in [0.15, 0.2) is 0 Å². The van der Waals surface area contributed by atoms with E-state index in [9.17, 15) is 4.79 Å². The first-order valence-corrected chi connectivity index (χ1v) is 5.39. The summed E-state index contributed by atoms with van der Waals surface area (Å²) in [5.74, 6) is -0.924. The molecule has 1 rings (SSSR count). The van der Waals surface area contributed by atoms with Crippen molar-refractivity contribution in [3.8, 4) is 0 Å². The minimum absolute atomic E-state index is 0.111. The predicted molar refractivity (Wildman–Crippen MR) is 63.4 cm³/mol. The van der Waals surface area contributed by atoms with E-state index in [-0.39, 0.29) is 6.42 Å². The molecule has 0 amide bonds. The summed E-state index contributed by atoms with van der Waals surface area (Å²) in [6.07, 6.45) is -0.111. The van der Waals surface area contributed by atoms with Crippen LogP contribution in [-0.4, -0.2) is 11.1 Å². The summed E-state index contributed by atoms with van der Waals surface area (Å²) in [4.78, 5) is 10.5. The van der Waals surface area contributed by atoms with Crippen LogP contribution in [-0.2, 0) is 4.79 Å². The number of rotatable bonds is 3. The summed E-state index contributed by atoms with van der Waals surface area (Å²) in [5, 5.41) is 9.12. The third-order valence-electron chi connectivity index (χ3n) is 1.78. The first kappa shape index (κ1) is 11.7. The van der Waals surface area contributed by atoms with Gasteiger partial charge in [0.2, 0.25) is 0 Å². The van der Waals surface area contributed by atoms with Crippen LogP contribution in [0.15, 0.2) is 18.2 Å². The Hall–Kier alpha value is -0.330. The van der Waals surface area contributed by atoms with Crippen molar-refractivity contribution in [3.63, 3.8) is 0 Å². The van der Waals surface area contributed by atoms with Crippen molar-refractivity contribution in [2.75, 3.05) is 0 Å². The van der Waals surface area contributed by atoms with Gasteiger partial charge in [-0.05, 0) is 34.2 Å². The van der Waals surface area contributed by atoms with Crippen LogP contribution in [0.4, 0.5) is 0 Å². The Bertz CT molecular complexity index is 357. The second-order valence-corrected chi connectivity index (χ2v) is 4.39. The van der Waals surface area contributed by atoms with Crippen molar-refractivity contribution in [3.05, 3.63) is 32.4 Å². The molecule has 5 heteroatoms. The van der Waals surface area contributed by atoms with Gasteiger partial charge < -0.3 is 10.8 Å². The van der Waals surface area contributed by atoms with E-state index in [1.165, 1.54) is 0 Å². The van der Waals surface area contributed by atoms with Crippen molar-refractivity contribution in [2.24, 2.45) is 5.73 Å². The van der Waals surface area contributed by atoms with Crippen molar-refractivity contribution in [2.45, 2.75) is 12.5 Å². The Morgan fingerprint density at radius 2 is 2.29 bits per heavy atom. The van der Waals surface area contributed by atoms with E-state index in [1.807, 2.05) is 12.1 Å². The normalized spacial score (nSPS) is 12.5. The number of benzene rings is 1. The van der Waals surface area contributed by atoms with Gasteiger partial charge in [-0.1, -0.05) is 23.7 Å². The molecule has 0 aliphatic carbocycles. The van der Waals surface area contributed by atoms with Gasteiger partial charge in [-0.15, -0.1) is 0 Å². The van der Waals surface area contributed by atoms with Crippen LogP contribution in [0, 0.1) is 3.57 Å². The van der Waals surface area contributed by atoms with Gasteiger partial charge in [-0.25, -0.2) is 0 Å². The van der Waals surface area contributed by atoms with Crippen LogP contribution in [0.25, 0.3) is 0 Å². The zero-order valence-corrected chi connectivity index (χ0v) is 10.1. The van der Waals surface area contributed by atoms with Gasteiger partial charge in [-0.2, -0.15) is 0 Å². The Labute approximate surface area is 100 Å². The average Bonchev–Trinajstić information content (AvgIpc) is 2.08. The Morgan fingerprint density at radius 3 is 2.86 bits per heavy atom. The zero-order valence-electron chi connectivity index (χ0n) is 7.21. The lowest BCUT2D eigenvalue weighted by molar-refractivity contribution is -0.137. The van der Waals surface area contributed by atoms with Gasteiger partial charge >= 0.3 is 5.97 Å². The van der Waals surface area contributed by atoms with E-state index >= 15 is 0 Å². The summed E-state index contributed by atoms with van der Waals surface area (Å²) >= 11 is 8.07. The molecule has 0 aliphatic rings. The molecule has 0 fully saturated rings. The molecule has 0 unspecified atom stereocenters. The van der Waals surface area contributed by atoms with E-state index in [0.717, 1.165) is 3.57 Å². The highest BCUT2D eigenvalue weighted by molar-refractivity contribution is 14.1. The molecular formula is C9H9ClINO2. The fourth-order valence-corrected chi connectivity index (χ4v) is 1.89. The summed E-state index contributed by atoms with van der Waals surface area (Å²) in [5.41, 5.74) is 6.38. The minimum atomic E-state index is -0.924. The van der Waals surface area contributed by atoms with Crippen LogP contribution in [0.2, 0.25) is 5.02 Å². The lowest BCUT2D eigenvalue weighted by atomic mass is 10.1. The topological polar surface area (TPSA) is 63.3 Å². The molecule has 0 aromatic heterocycles. The first-order valence-electron chi connectivity index (χ1n) is 3.93. The number of halogens is 2. The van der Waals surface area contributed by atoms with Crippen molar-refractivity contribution in [1.82, 2.24) is 0 Å². The van der Waals surface area contributed by atoms with Crippen LogP contribution in [0.1, 0.15) is 18.0 Å². The fourth-order valence-electron chi connectivity index (χ4n) is 1.10. The predicted octanol–water partition coefficient (Wildman–Crippen LogP) is 2.42. The molecule has 1 atom stereocenters. The summed E-state index contributed by atoms with van der Waals surface area (Å²) in [6, 6.07) is 4.86. The maximum Gasteiger partial charge on any atom is 0.305 e. The van der Waals surface area contributed by atoms with Crippen LogP contribution < -0.4 is 5.73 Å². The lowest BCUT2D eigenvalue weighted by Gasteiger charge is -2.11. The lowest BCUT2D eigenvalue weighted by Crippen LogP contribution is -2.15. The quantitative estimate of drug-likeness (QED) is 0.839. The Morgan fingerprint density at radius 1 is 1.64 bits per heavy atom. The van der Waals surface area contributed by atoms with E-state index in [1.54, 1.807) is 6.07 Å². The molecule has 76 valence electrons. The smallest absolute Gasteiger partial charge is 0.305 e. The van der Waals surface area contributed by atoms with E-state index in [4.69, 9.17) is 22.4 Å². The molecule has 3 N–H and O–H groups in total. The Kier molecular flexibility index (Phi) is 4.15. The molecule has 0 aliphatic heterocycles. The number of hydrogen-bond acceptors (Lipinski definition) is 2. The molecule has 14 heavy (non-hydrogen) atoms. The number of nitrogens with two attached hydrogens (primary N) is 1. The van der Waals surface area contributed by atoms with Crippen LogP contribution in [0.5, 0.6) is 0 Å². The van der Waals surface area contributed by atoms with Gasteiger partial charge in [-0.3, -0.25) is 4.79 Å². The first-order chi connectivity index (χ1) is 6.52. The van der Waals surface area contributed by atoms with Gasteiger partial charge in [0.25, 0.3) is 0 Å². The number of carboxylic acids is 1. The molecule has 0 bridgehead atoms. The molecule has 0 heterocycles. The molecule has 1 aromatic carbocycles. The van der Waals surface area contributed by atoms with Crippen LogP contribution in [0.3, 0.4) is 0 Å². The summed E-state index contributed by atoms with van der Waals surface area (Å²) in [6.45, 7) is 0. The number of carbonyl (C=O) groups is 1. The average molecular weight is 326 g/mol. The van der Waals surface area contributed by atoms with Gasteiger partial charge in [0.1, 0.15) is 0 Å². The van der Waals surface area contributed by atoms with Gasteiger partial charge in [0.05, 0.1) is 11.4 Å². The van der Waals surface area contributed by atoms with E-state index in [2.05, 4.69) is 22.6 Å². The zero-order chi connectivity index (χ0) is 10.7. The standard InChI is InChI=1S/C9H9ClINO2/c10-9-5(2-1-3-6(9)11)7(12)4-8(13)14/h1-3,7H,4,12H2,(H,13,14)/t7-/m1/s1. The maximum absolute atomic E-state index is 10.5. The van der Waals surface area contributed by atoms with E-state index < -0.39 is 12.0 Å². The summed E-state index contributed by atoms with van der Waals surface area (Å²) in [7, 11) is 0. The monoisotopic (exact) mass is 325 g/mol. The van der Waals surface area contributed by atoms with Crippen molar-refractivity contribution < 1.29 is 9.90 Å². The van der Waals surface area contributed by atoms with E-state index in [0.29, 0.717) is 10.6 Å². The highest BCUT2D eigenvalue weighted by Gasteiger charge is 2.14.